The second kappa shape index (κ2) is 6.32. The number of pyridine rings is 1. The fraction of sp³-hybridized carbons (Fsp3) is 0.0769. The molecular weight excluding hydrogens is 334 g/mol. The van der Waals surface area contributed by atoms with Crippen LogP contribution in [0.3, 0.4) is 0 Å². The number of aromatic nitrogens is 5. The maximum atomic E-state index is 13.7. The molecule has 2 heterocycles. The van der Waals surface area contributed by atoms with Gasteiger partial charge in [-0.05, 0) is 27.8 Å². The fourth-order valence-electron chi connectivity index (χ4n) is 1.77. The van der Waals surface area contributed by atoms with Gasteiger partial charge in [0.2, 0.25) is 5.16 Å². The quantitative estimate of drug-likeness (QED) is 0.539. The molecule has 0 saturated heterocycles. The van der Waals surface area contributed by atoms with E-state index in [2.05, 4.69) is 20.5 Å². The van der Waals surface area contributed by atoms with Crippen molar-refractivity contribution in [3.8, 4) is 0 Å². The van der Waals surface area contributed by atoms with Gasteiger partial charge in [-0.2, -0.15) is 13.8 Å². The van der Waals surface area contributed by atoms with Crippen LogP contribution in [0.2, 0.25) is 0 Å². The van der Waals surface area contributed by atoms with E-state index in [0.717, 1.165) is 5.56 Å². The summed E-state index contributed by atoms with van der Waals surface area (Å²) in [6.07, 6.45) is 0. The Morgan fingerprint density at radius 1 is 0.957 bits per heavy atom. The van der Waals surface area contributed by atoms with Crippen molar-refractivity contribution >= 4 is 11.8 Å². The minimum atomic E-state index is -1.73. The molecule has 0 N–H and O–H groups in total. The predicted octanol–water partition coefficient (Wildman–Crippen LogP) is 2.82. The molecule has 0 unspecified atom stereocenters. The lowest BCUT2D eigenvalue weighted by Gasteiger charge is -2.06. The maximum absolute atomic E-state index is 13.7. The van der Waals surface area contributed by atoms with E-state index in [1.54, 1.807) is 12.1 Å². The molecule has 10 heteroatoms. The van der Waals surface area contributed by atoms with Gasteiger partial charge in [0.25, 0.3) is 11.9 Å². The third-order valence-electron chi connectivity index (χ3n) is 2.82. The highest BCUT2D eigenvalue weighted by Gasteiger charge is 2.23. The summed E-state index contributed by atoms with van der Waals surface area (Å²) in [6, 6.07) is 9.05. The van der Waals surface area contributed by atoms with E-state index in [-0.39, 0.29) is 11.7 Å². The van der Waals surface area contributed by atoms with Gasteiger partial charge in [0, 0.05) is 0 Å². The van der Waals surface area contributed by atoms with Crippen LogP contribution < -0.4 is 0 Å². The first-order valence-corrected chi connectivity index (χ1v) is 7.06. The molecule has 0 bridgehead atoms. The summed E-state index contributed by atoms with van der Waals surface area (Å²) in [6.45, 7) is 0.232. The van der Waals surface area contributed by atoms with Crippen molar-refractivity contribution in [2.24, 2.45) is 0 Å². The second-order valence-corrected chi connectivity index (χ2v) is 5.33. The average Bonchev–Trinajstić information content (AvgIpc) is 2.97. The molecule has 0 aliphatic rings. The van der Waals surface area contributed by atoms with E-state index in [1.807, 2.05) is 18.2 Å². The predicted molar refractivity (Wildman–Crippen MR) is 71.6 cm³/mol. The Hall–Kier alpha value is -2.49. The third-order valence-corrected chi connectivity index (χ3v) is 3.86. The smallest absolute Gasteiger partial charge is 0.216 e. The van der Waals surface area contributed by atoms with Crippen molar-refractivity contribution in [3.05, 3.63) is 59.4 Å². The highest BCUT2D eigenvalue weighted by atomic mass is 32.2. The molecule has 0 spiro atoms. The van der Waals surface area contributed by atoms with Gasteiger partial charge in [-0.3, -0.25) is 0 Å². The molecule has 0 amide bonds. The topological polar surface area (TPSA) is 56.5 Å². The molecule has 5 nitrogen and oxygen atoms in total. The lowest BCUT2D eigenvalue weighted by Crippen LogP contribution is -2.06. The summed E-state index contributed by atoms with van der Waals surface area (Å²) in [5, 5.41) is 10.7. The number of benzene rings is 1. The van der Waals surface area contributed by atoms with Gasteiger partial charge < -0.3 is 0 Å². The molecular formula is C13H7F4N5S. The van der Waals surface area contributed by atoms with Crippen LogP contribution >= 0.6 is 11.8 Å². The van der Waals surface area contributed by atoms with Crippen LogP contribution in [0.15, 0.2) is 40.4 Å². The molecule has 0 aliphatic heterocycles. The molecule has 0 saturated carbocycles. The molecule has 0 aliphatic carbocycles. The van der Waals surface area contributed by atoms with Gasteiger partial charge in [-0.15, -0.1) is 5.10 Å². The Morgan fingerprint density at radius 3 is 2.26 bits per heavy atom. The van der Waals surface area contributed by atoms with E-state index in [9.17, 15) is 17.6 Å². The maximum Gasteiger partial charge on any atom is 0.252 e. The van der Waals surface area contributed by atoms with Crippen LogP contribution in [-0.2, 0) is 6.54 Å². The number of rotatable bonds is 4. The molecule has 0 atom stereocenters. The summed E-state index contributed by atoms with van der Waals surface area (Å²) in [5.41, 5.74) is 0.842. The van der Waals surface area contributed by atoms with Crippen molar-refractivity contribution in [2.75, 3.05) is 0 Å². The van der Waals surface area contributed by atoms with Gasteiger partial charge in [-0.25, -0.2) is 13.5 Å². The normalized spacial score (nSPS) is 11.0. The van der Waals surface area contributed by atoms with Crippen molar-refractivity contribution in [3.63, 3.8) is 0 Å². The van der Waals surface area contributed by atoms with Crippen molar-refractivity contribution < 1.29 is 17.6 Å². The van der Waals surface area contributed by atoms with Gasteiger partial charge in [0.15, 0.2) is 11.6 Å². The first kappa shape index (κ1) is 15.4. The summed E-state index contributed by atoms with van der Waals surface area (Å²) in [7, 11) is 0. The molecule has 0 radical (unpaired) electrons. The Labute approximate surface area is 131 Å². The highest BCUT2D eigenvalue weighted by molar-refractivity contribution is 7.99. The first-order valence-electron chi connectivity index (χ1n) is 6.24. The zero-order valence-corrected chi connectivity index (χ0v) is 12.1. The van der Waals surface area contributed by atoms with Gasteiger partial charge in [0.1, 0.15) is 0 Å². The molecule has 0 fully saturated rings. The summed E-state index contributed by atoms with van der Waals surface area (Å²) in [4.78, 5) is 1.61. The van der Waals surface area contributed by atoms with Crippen LogP contribution in [0.5, 0.6) is 0 Å². The third kappa shape index (κ3) is 3.16. The number of hydrogen-bond acceptors (Lipinski definition) is 5. The molecule has 23 heavy (non-hydrogen) atoms. The summed E-state index contributed by atoms with van der Waals surface area (Å²) in [5.74, 6) is -6.65. The van der Waals surface area contributed by atoms with E-state index >= 15 is 0 Å². The zero-order valence-electron chi connectivity index (χ0n) is 11.3. The van der Waals surface area contributed by atoms with E-state index < -0.39 is 28.4 Å². The fourth-order valence-corrected chi connectivity index (χ4v) is 2.59. The van der Waals surface area contributed by atoms with E-state index in [1.165, 1.54) is 4.68 Å². The number of hydrogen-bond donors (Lipinski definition) is 0. The standard InChI is InChI=1S/C13H7F4N5S/c14-8-10(9(15)12(17)18-11(8)16)23-13-19-20-21-22(13)6-7-4-2-1-3-5-7/h1-5H,6H2. The molecule has 2 aromatic heterocycles. The molecule has 118 valence electrons. The number of tetrazole rings is 1. The summed E-state index contributed by atoms with van der Waals surface area (Å²) < 4.78 is 54.8. The molecule has 1 aromatic carbocycles. The van der Waals surface area contributed by atoms with Crippen LogP contribution in [0.25, 0.3) is 0 Å². The van der Waals surface area contributed by atoms with E-state index in [0.29, 0.717) is 11.8 Å². The van der Waals surface area contributed by atoms with Crippen LogP contribution in [0.1, 0.15) is 5.56 Å². The van der Waals surface area contributed by atoms with Crippen LogP contribution in [-0.4, -0.2) is 25.2 Å². The Bertz CT molecular complexity index is 814. The minimum Gasteiger partial charge on any atom is -0.216 e. The van der Waals surface area contributed by atoms with Gasteiger partial charge in [0.05, 0.1) is 11.4 Å². The molecule has 3 aromatic rings. The number of halogens is 4. The van der Waals surface area contributed by atoms with Crippen LogP contribution in [0, 0.1) is 23.5 Å². The number of nitrogens with zero attached hydrogens (tertiary/aromatic N) is 5. The lowest BCUT2D eigenvalue weighted by atomic mass is 10.2. The zero-order chi connectivity index (χ0) is 16.4. The Balaban J connectivity index is 1.92. The van der Waals surface area contributed by atoms with Crippen molar-refractivity contribution in [1.29, 1.82) is 0 Å². The highest BCUT2D eigenvalue weighted by Crippen LogP contribution is 2.32. The Kier molecular flexibility index (Phi) is 4.24. The monoisotopic (exact) mass is 341 g/mol. The molecule has 3 rings (SSSR count). The van der Waals surface area contributed by atoms with Gasteiger partial charge in [-0.1, -0.05) is 30.3 Å². The first-order chi connectivity index (χ1) is 11.1. The van der Waals surface area contributed by atoms with Crippen LogP contribution in [0.4, 0.5) is 17.6 Å². The van der Waals surface area contributed by atoms with Crippen molar-refractivity contribution in [1.82, 2.24) is 25.2 Å². The lowest BCUT2D eigenvalue weighted by molar-refractivity contribution is 0.383. The van der Waals surface area contributed by atoms with E-state index in [4.69, 9.17) is 0 Å². The SMILES string of the molecule is Fc1nc(F)c(F)c(Sc2nnnn2Cc2ccccc2)c1F. The summed E-state index contributed by atoms with van der Waals surface area (Å²) >= 11 is 0.379. The average molecular weight is 341 g/mol. The second-order valence-electron chi connectivity index (χ2n) is 4.36. The minimum absolute atomic E-state index is 0.0170. The van der Waals surface area contributed by atoms with Crippen molar-refractivity contribution in [2.45, 2.75) is 16.6 Å². The Morgan fingerprint density at radius 2 is 1.61 bits per heavy atom. The van der Waals surface area contributed by atoms with Gasteiger partial charge >= 0.3 is 0 Å². The largest absolute Gasteiger partial charge is 0.252 e.